The molecule has 7 nitrogen and oxygen atoms in total. The van der Waals surface area contributed by atoms with Crippen LogP contribution >= 0.6 is 11.6 Å². The predicted molar refractivity (Wildman–Crippen MR) is 181 cm³/mol. The first-order valence-corrected chi connectivity index (χ1v) is 16.1. The third-order valence-electron chi connectivity index (χ3n) is 7.86. The smallest absolute Gasteiger partial charge is 0.303 e. The molecule has 1 aliphatic carbocycles. The highest BCUT2D eigenvalue weighted by Gasteiger charge is 2.56. The van der Waals surface area contributed by atoms with Crippen LogP contribution in [-0.4, -0.2) is 49.2 Å². The second kappa shape index (κ2) is 17.9. The van der Waals surface area contributed by atoms with Crippen LogP contribution in [0.15, 0.2) is 128 Å². The van der Waals surface area contributed by atoms with Crippen molar-refractivity contribution in [2.24, 2.45) is 0 Å². The first-order valence-electron chi connectivity index (χ1n) is 15.7. The van der Waals surface area contributed by atoms with E-state index in [1.54, 1.807) is 6.08 Å². The number of rotatable bonds is 16. The summed E-state index contributed by atoms with van der Waals surface area (Å²) in [7, 11) is 0. The molecule has 47 heavy (non-hydrogen) atoms. The maximum Gasteiger partial charge on any atom is 0.303 e. The Morgan fingerprint density at radius 1 is 0.553 bits per heavy atom. The van der Waals surface area contributed by atoms with E-state index >= 15 is 0 Å². The molecule has 0 amide bonds. The van der Waals surface area contributed by atoms with Crippen LogP contribution in [0.2, 0.25) is 5.02 Å². The lowest BCUT2D eigenvalue weighted by atomic mass is 9.83. The van der Waals surface area contributed by atoms with Crippen LogP contribution < -0.4 is 0 Å². The van der Waals surface area contributed by atoms with Crippen molar-refractivity contribution >= 4 is 17.6 Å². The van der Waals surface area contributed by atoms with Gasteiger partial charge in [0.05, 0.1) is 33.0 Å². The molecule has 0 spiro atoms. The molecule has 6 atom stereocenters. The second-order valence-corrected chi connectivity index (χ2v) is 11.8. The Kier molecular flexibility index (Phi) is 13.2. The fourth-order valence-electron chi connectivity index (χ4n) is 5.65. The third-order valence-corrected chi connectivity index (χ3v) is 8.11. The van der Waals surface area contributed by atoms with E-state index in [2.05, 4.69) is 6.58 Å². The van der Waals surface area contributed by atoms with Crippen molar-refractivity contribution in [2.75, 3.05) is 6.61 Å². The monoisotopic (exact) mass is 656 g/mol. The second-order valence-electron chi connectivity index (χ2n) is 11.3. The van der Waals surface area contributed by atoms with Gasteiger partial charge in [0.25, 0.3) is 0 Å². The van der Waals surface area contributed by atoms with Crippen molar-refractivity contribution in [3.8, 4) is 0 Å². The fourth-order valence-corrected chi connectivity index (χ4v) is 5.77. The van der Waals surface area contributed by atoms with E-state index in [1.807, 2.05) is 115 Å². The molecule has 0 unspecified atom stereocenters. The van der Waals surface area contributed by atoms with Gasteiger partial charge in [-0.05, 0) is 34.4 Å². The summed E-state index contributed by atoms with van der Waals surface area (Å²) >= 11 is 6.16. The summed E-state index contributed by atoms with van der Waals surface area (Å²) in [6.07, 6.45) is -2.89. The van der Waals surface area contributed by atoms with Crippen molar-refractivity contribution in [1.82, 2.24) is 0 Å². The third kappa shape index (κ3) is 10.1. The summed E-state index contributed by atoms with van der Waals surface area (Å²) in [5.41, 5.74) is 3.81. The number of carbonyl (C=O) groups is 1. The molecule has 0 bridgehead atoms. The van der Waals surface area contributed by atoms with Crippen LogP contribution in [0.25, 0.3) is 0 Å². The maximum atomic E-state index is 12.7. The highest BCUT2D eigenvalue weighted by molar-refractivity contribution is 6.30. The molecule has 0 N–H and O–H groups in total. The predicted octanol–water partition coefficient (Wildman–Crippen LogP) is 7.50. The van der Waals surface area contributed by atoms with Crippen LogP contribution in [0.1, 0.15) is 29.2 Å². The van der Waals surface area contributed by atoms with E-state index in [1.165, 1.54) is 6.92 Å². The molecule has 0 aliphatic heterocycles. The Balaban J connectivity index is 1.55. The van der Waals surface area contributed by atoms with Gasteiger partial charge >= 0.3 is 5.97 Å². The van der Waals surface area contributed by atoms with Crippen molar-refractivity contribution in [3.05, 3.63) is 155 Å². The maximum absolute atomic E-state index is 12.7. The van der Waals surface area contributed by atoms with Crippen LogP contribution in [-0.2, 0) is 59.6 Å². The van der Waals surface area contributed by atoms with E-state index in [9.17, 15) is 4.79 Å². The SMILES string of the molecule is C=CCO[C@@H]1[C@@H](OCc2ccccc2)[C@H](OCc2ccc(Cl)cc2)[C@H](OCc2ccccc2)[C@@H](OC(C)=O)[C@H]1OCc1ccccc1. The average molecular weight is 657 g/mol. The number of hydrogen-bond donors (Lipinski definition) is 0. The van der Waals surface area contributed by atoms with Gasteiger partial charge < -0.3 is 28.4 Å². The van der Waals surface area contributed by atoms with Gasteiger partial charge in [-0.1, -0.05) is 121 Å². The first kappa shape index (κ1) is 34.5. The molecule has 0 heterocycles. The van der Waals surface area contributed by atoms with Crippen molar-refractivity contribution in [3.63, 3.8) is 0 Å². The topological polar surface area (TPSA) is 72.5 Å². The van der Waals surface area contributed by atoms with Gasteiger partial charge in [0.1, 0.15) is 30.5 Å². The number of hydrogen-bond acceptors (Lipinski definition) is 7. The summed E-state index contributed by atoms with van der Waals surface area (Å²) in [6.45, 7) is 6.49. The minimum absolute atomic E-state index is 0.216. The normalized spacial score (nSPS) is 22.4. The van der Waals surface area contributed by atoms with Crippen molar-refractivity contribution < 1.29 is 33.2 Å². The summed E-state index contributed by atoms with van der Waals surface area (Å²) in [4.78, 5) is 12.7. The molecule has 4 aromatic rings. The zero-order valence-electron chi connectivity index (χ0n) is 26.5. The average Bonchev–Trinajstić information content (AvgIpc) is 3.10. The Bertz CT molecular complexity index is 1500. The van der Waals surface area contributed by atoms with Gasteiger partial charge in [0.15, 0.2) is 6.10 Å². The molecule has 0 saturated heterocycles. The van der Waals surface area contributed by atoms with Gasteiger partial charge in [-0.3, -0.25) is 4.79 Å². The molecule has 0 radical (unpaired) electrons. The molecular weight excluding hydrogens is 616 g/mol. The van der Waals surface area contributed by atoms with E-state index in [4.69, 9.17) is 40.0 Å². The molecule has 1 saturated carbocycles. The van der Waals surface area contributed by atoms with Gasteiger partial charge in [0, 0.05) is 11.9 Å². The number of ether oxygens (including phenoxy) is 6. The molecular formula is C39H41ClO7. The molecule has 5 rings (SSSR count). The van der Waals surface area contributed by atoms with E-state index < -0.39 is 42.6 Å². The lowest BCUT2D eigenvalue weighted by molar-refractivity contribution is -0.283. The van der Waals surface area contributed by atoms with E-state index in [0.29, 0.717) is 5.02 Å². The molecule has 1 aliphatic rings. The Hall–Kier alpha value is -3.82. The number of benzene rings is 4. The van der Waals surface area contributed by atoms with E-state index in [0.717, 1.165) is 22.3 Å². The van der Waals surface area contributed by atoms with Crippen LogP contribution in [0.4, 0.5) is 0 Å². The van der Waals surface area contributed by atoms with Crippen molar-refractivity contribution in [1.29, 1.82) is 0 Å². The fraction of sp³-hybridized carbons (Fsp3) is 0.308. The van der Waals surface area contributed by atoms with Gasteiger partial charge in [-0.15, -0.1) is 6.58 Å². The standard InChI is InChI=1S/C39H41ClO7/c1-3-23-42-34-35(43-24-29-13-7-4-8-14-29)36(44-27-32-19-21-33(40)22-20-32)38(46-26-31-17-11-6-12-18-31)39(47-28(2)41)37(34)45-25-30-15-9-5-10-16-30/h3-22,34-39H,1,23-27H2,2H3/t34-,35-,36+,37+,38+,39+/m1/s1. The zero-order chi connectivity index (χ0) is 32.8. The minimum Gasteiger partial charge on any atom is -0.457 e. The summed E-state index contributed by atoms with van der Waals surface area (Å²) in [5.74, 6) is -0.473. The first-order chi connectivity index (χ1) is 23.0. The molecule has 0 aromatic heterocycles. The lowest BCUT2D eigenvalue weighted by Gasteiger charge is -2.49. The molecule has 4 aromatic carbocycles. The summed E-state index contributed by atoms with van der Waals surface area (Å²) in [6, 6.07) is 37.0. The number of halogens is 1. The van der Waals surface area contributed by atoms with Gasteiger partial charge in [0.2, 0.25) is 0 Å². The Labute approximate surface area is 282 Å². The molecule has 8 heteroatoms. The summed E-state index contributed by atoms with van der Waals surface area (Å²) in [5, 5.41) is 0.630. The van der Waals surface area contributed by atoms with Gasteiger partial charge in [-0.2, -0.15) is 0 Å². The van der Waals surface area contributed by atoms with Crippen LogP contribution in [0.5, 0.6) is 0 Å². The minimum atomic E-state index is -0.887. The summed E-state index contributed by atoms with van der Waals surface area (Å²) < 4.78 is 39.2. The lowest BCUT2D eigenvalue weighted by Crippen LogP contribution is -2.67. The van der Waals surface area contributed by atoms with E-state index in [-0.39, 0.29) is 33.0 Å². The number of carbonyl (C=O) groups excluding carboxylic acids is 1. The quantitative estimate of drug-likeness (QED) is 0.0914. The number of esters is 1. The molecule has 246 valence electrons. The van der Waals surface area contributed by atoms with Crippen LogP contribution in [0, 0.1) is 0 Å². The van der Waals surface area contributed by atoms with Gasteiger partial charge in [-0.25, -0.2) is 0 Å². The molecule has 1 fully saturated rings. The highest BCUT2D eigenvalue weighted by atomic mass is 35.5. The Morgan fingerprint density at radius 2 is 0.894 bits per heavy atom. The highest BCUT2D eigenvalue weighted by Crippen LogP contribution is 2.36. The largest absolute Gasteiger partial charge is 0.457 e. The Morgan fingerprint density at radius 3 is 1.26 bits per heavy atom. The van der Waals surface area contributed by atoms with Crippen molar-refractivity contribution in [2.45, 2.75) is 70.0 Å². The zero-order valence-corrected chi connectivity index (χ0v) is 27.2. The van der Waals surface area contributed by atoms with Crippen LogP contribution in [0.3, 0.4) is 0 Å².